The summed E-state index contributed by atoms with van der Waals surface area (Å²) in [5, 5.41) is 0. The van der Waals surface area contributed by atoms with Crippen molar-refractivity contribution >= 4 is 17.2 Å². The van der Waals surface area contributed by atoms with Gasteiger partial charge in [-0.3, -0.25) is 4.98 Å². The van der Waals surface area contributed by atoms with Crippen LogP contribution in [0.25, 0.3) is 10.6 Å². The molecule has 0 radical (unpaired) electrons. The van der Waals surface area contributed by atoms with Crippen LogP contribution < -0.4 is 5.73 Å². The SMILES string of the molecule is Nc1cccc(-c2cncs2)n1. The number of rotatable bonds is 1. The Hall–Kier alpha value is -1.42. The fourth-order valence-corrected chi connectivity index (χ4v) is 1.52. The van der Waals surface area contributed by atoms with Crippen molar-refractivity contribution < 1.29 is 0 Å². The number of nitrogens with zero attached hydrogens (tertiary/aromatic N) is 2. The third-order valence-electron chi connectivity index (χ3n) is 1.46. The summed E-state index contributed by atoms with van der Waals surface area (Å²) in [6.45, 7) is 0. The molecule has 2 aromatic heterocycles. The predicted octanol–water partition coefficient (Wildman–Crippen LogP) is 1.79. The van der Waals surface area contributed by atoms with E-state index in [1.54, 1.807) is 29.1 Å². The Morgan fingerprint density at radius 2 is 2.25 bits per heavy atom. The van der Waals surface area contributed by atoms with E-state index in [0.29, 0.717) is 5.82 Å². The second-order valence-corrected chi connectivity index (χ2v) is 3.20. The number of hydrogen-bond acceptors (Lipinski definition) is 4. The molecule has 2 rings (SSSR count). The van der Waals surface area contributed by atoms with E-state index >= 15 is 0 Å². The molecule has 2 N–H and O–H groups in total. The van der Waals surface area contributed by atoms with E-state index in [4.69, 9.17) is 5.73 Å². The second-order valence-electron chi connectivity index (χ2n) is 2.31. The normalized spacial score (nSPS) is 10.0. The number of pyridine rings is 1. The molecule has 12 heavy (non-hydrogen) atoms. The first kappa shape index (κ1) is 7.24. The summed E-state index contributed by atoms with van der Waals surface area (Å²) in [5.74, 6) is 0.543. The number of nitrogen functional groups attached to an aromatic ring is 1. The predicted molar refractivity (Wildman–Crippen MR) is 49.8 cm³/mol. The van der Waals surface area contributed by atoms with Crippen molar-refractivity contribution in [3.8, 4) is 10.6 Å². The number of hydrogen-bond donors (Lipinski definition) is 1. The molecule has 0 saturated heterocycles. The van der Waals surface area contributed by atoms with Crippen LogP contribution in [0.1, 0.15) is 0 Å². The van der Waals surface area contributed by atoms with Crippen molar-refractivity contribution in [1.29, 1.82) is 0 Å². The van der Waals surface area contributed by atoms with Crippen molar-refractivity contribution in [3.05, 3.63) is 29.9 Å². The molecule has 0 saturated carbocycles. The number of nitrogens with two attached hydrogens (primary N) is 1. The maximum atomic E-state index is 5.54. The summed E-state index contributed by atoms with van der Waals surface area (Å²) >= 11 is 1.56. The molecule has 0 bridgehead atoms. The van der Waals surface area contributed by atoms with Gasteiger partial charge in [0.1, 0.15) is 5.82 Å². The van der Waals surface area contributed by atoms with Gasteiger partial charge in [-0.05, 0) is 12.1 Å². The van der Waals surface area contributed by atoms with E-state index in [2.05, 4.69) is 9.97 Å². The summed E-state index contributed by atoms with van der Waals surface area (Å²) in [7, 11) is 0. The molecule has 0 unspecified atom stereocenters. The first-order valence-corrected chi connectivity index (χ1v) is 4.35. The minimum absolute atomic E-state index is 0.543. The van der Waals surface area contributed by atoms with E-state index in [-0.39, 0.29) is 0 Å². The van der Waals surface area contributed by atoms with Crippen LogP contribution in [-0.4, -0.2) is 9.97 Å². The zero-order chi connectivity index (χ0) is 8.39. The summed E-state index contributed by atoms with van der Waals surface area (Å²) in [4.78, 5) is 9.17. The van der Waals surface area contributed by atoms with Crippen molar-refractivity contribution in [2.24, 2.45) is 0 Å². The molecular formula is C8H7N3S. The number of aromatic nitrogens is 2. The lowest BCUT2D eigenvalue weighted by atomic mass is 10.3. The molecule has 4 heteroatoms. The first-order valence-electron chi connectivity index (χ1n) is 3.47. The summed E-state index contributed by atoms with van der Waals surface area (Å²) < 4.78 is 0. The Morgan fingerprint density at radius 1 is 1.33 bits per heavy atom. The van der Waals surface area contributed by atoms with Gasteiger partial charge in [-0.2, -0.15) is 0 Å². The second kappa shape index (κ2) is 2.91. The van der Waals surface area contributed by atoms with Gasteiger partial charge in [0.25, 0.3) is 0 Å². The maximum Gasteiger partial charge on any atom is 0.124 e. The molecule has 3 nitrogen and oxygen atoms in total. The lowest BCUT2D eigenvalue weighted by molar-refractivity contribution is 1.33. The largest absolute Gasteiger partial charge is 0.384 e. The average Bonchev–Trinajstić information content (AvgIpc) is 2.56. The fraction of sp³-hybridized carbons (Fsp3) is 0. The highest BCUT2D eigenvalue weighted by Gasteiger charge is 1.99. The highest BCUT2D eigenvalue weighted by molar-refractivity contribution is 7.13. The highest BCUT2D eigenvalue weighted by Crippen LogP contribution is 2.21. The lowest BCUT2D eigenvalue weighted by Crippen LogP contribution is -1.89. The van der Waals surface area contributed by atoms with Gasteiger partial charge in [-0.15, -0.1) is 11.3 Å². The van der Waals surface area contributed by atoms with Gasteiger partial charge in [0.05, 0.1) is 16.1 Å². The lowest BCUT2D eigenvalue weighted by Gasteiger charge is -1.95. The van der Waals surface area contributed by atoms with Gasteiger partial charge >= 0.3 is 0 Å². The third kappa shape index (κ3) is 1.29. The van der Waals surface area contributed by atoms with E-state index in [1.807, 2.05) is 12.1 Å². The standard InChI is InChI=1S/C8H7N3S/c9-8-3-1-2-6(11-8)7-4-10-5-12-7/h1-5H,(H2,9,11). The van der Waals surface area contributed by atoms with Gasteiger partial charge in [0.15, 0.2) is 0 Å². The quantitative estimate of drug-likeness (QED) is 0.722. The smallest absolute Gasteiger partial charge is 0.124 e. The minimum Gasteiger partial charge on any atom is -0.384 e. The van der Waals surface area contributed by atoms with Crippen LogP contribution in [0.5, 0.6) is 0 Å². The number of anilines is 1. The van der Waals surface area contributed by atoms with Gasteiger partial charge < -0.3 is 5.73 Å². The van der Waals surface area contributed by atoms with Crippen molar-refractivity contribution in [2.75, 3.05) is 5.73 Å². The molecule has 0 atom stereocenters. The molecule has 0 fully saturated rings. The molecule has 0 aliphatic rings. The van der Waals surface area contributed by atoms with Gasteiger partial charge in [0, 0.05) is 6.20 Å². The molecule has 2 aromatic rings. The van der Waals surface area contributed by atoms with Crippen molar-refractivity contribution in [1.82, 2.24) is 9.97 Å². The zero-order valence-corrected chi connectivity index (χ0v) is 7.08. The van der Waals surface area contributed by atoms with Gasteiger partial charge in [0.2, 0.25) is 0 Å². The van der Waals surface area contributed by atoms with E-state index in [1.165, 1.54) is 0 Å². The topological polar surface area (TPSA) is 51.8 Å². The molecular weight excluding hydrogens is 170 g/mol. The van der Waals surface area contributed by atoms with E-state index in [9.17, 15) is 0 Å². The van der Waals surface area contributed by atoms with Crippen LogP contribution in [0.2, 0.25) is 0 Å². The van der Waals surface area contributed by atoms with Crippen LogP contribution in [0.15, 0.2) is 29.9 Å². The Labute approximate surface area is 73.9 Å². The first-order chi connectivity index (χ1) is 5.86. The zero-order valence-electron chi connectivity index (χ0n) is 6.27. The monoisotopic (exact) mass is 177 g/mol. The fourth-order valence-electron chi connectivity index (χ4n) is 0.931. The van der Waals surface area contributed by atoms with Crippen molar-refractivity contribution in [3.63, 3.8) is 0 Å². The Kier molecular flexibility index (Phi) is 1.75. The van der Waals surface area contributed by atoms with Crippen LogP contribution >= 0.6 is 11.3 Å². The Morgan fingerprint density at radius 3 is 2.92 bits per heavy atom. The highest BCUT2D eigenvalue weighted by atomic mass is 32.1. The molecule has 2 heterocycles. The van der Waals surface area contributed by atoms with Crippen LogP contribution in [0.4, 0.5) is 5.82 Å². The Bertz CT molecular complexity index is 370. The van der Waals surface area contributed by atoms with E-state index < -0.39 is 0 Å². The summed E-state index contributed by atoms with van der Waals surface area (Å²) in [6, 6.07) is 5.58. The minimum atomic E-state index is 0.543. The van der Waals surface area contributed by atoms with Gasteiger partial charge in [-0.1, -0.05) is 6.07 Å². The number of thiazole rings is 1. The third-order valence-corrected chi connectivity index (χ3v) is 2.25. The van der Waals surface area contributed by atoms with Crippen LogP contribution in [-0.2, 0) is 0 Å². The molecule has 0 aliphatic heterocycles. The molecule has 0 amide bonds. The Balaban J connectivity index is 2.48. The molecule has 0 spiro atoms. The summed E-state index contributed by atoms with van der Waals surface area (Å²) in [5.41, 5.74) is 8.20. The molecule has 0 aliphatic carbocycles. The molecule has 60 valence electrons. The van der Waals surface area contributed by atoms with Crippen molar-refractivity contribution in [2.45, 2.75) is 0 Å². The summed E-state index contributed by atoms with van der Waals surface area (Å²) in [6.07, 6.45) is 1.78. The maximum absolute atomic E-state index is 5.54. The van der Waals surface area contributed by atoms with Crippen LogP contribution in [0.3, 0.4) is 0 Å². The van der Waals surface area contributed by atoms with Gasteiger partial charge in [-0.25, -0.2) is 4.98 Å². The molecule has 0 aromatic carbocycles. The average molecular weight is 177 g/mol. The van der Waals surface area contributed by atoms with E-state index in [0.717, 1.165) is 10.6 Å². The van der Waals surface area contributed by atoms with Crippen LogP contribution in [0, 0.1) is 0 Å².